The lowest BCUT2D eigenvalue weighted by Crippen LogP contribution is -2.62. The molecule has 5 heteroatoms. The molecule has 0 aliphatic carbocycles. The Kier molecular flexibility index (Phi) is 3.26. The molecule has 2 heterocycles. The van der Waals surface area contributed by atoms with Gasteiger partial charge < -0.3 is 15.3 Å². The van der Waals surface area contributed by atoms with E-state index >= 15 is 0 Å². The second-order valence-electron chi connectivity index (χ2n) is 5.09. The van der Waals surface area contributed by atoms with Crippen molar-refractivity contribution < 1.29 is 9.90 Å². The van der Waals surface area contributed by atoms with Crippen molar-refractivity contribution in [2.45, 2.75) is 32.4 Å². The summed E-state index contributed by atoms with van der Waals surface area (Å²) in [6, 6.07) is 3.62. The molecule has 1 atom stereocenters. The van der Waals surface area contributed by atoms with Crippen LogP contribution >= 0.6 is 0 Å². The van der Waals surface area contributed by atoms with E-state index in [1.165, 1.54) is 0 Å². The smallest absolute Gasteiger partial charge is 0.245 e. The Morgan fingerprint density at radius 1 is 1.56 bits per heavy atom. The van der Waals surface area contributed by atoms with Gasteiger partial charge in [-0.3, -0.25) is 4.79 Å². The molecule has 18 heavy (non-hydrogen) atoms. The van der Waals surface area contributed by atoms with Crippen LogP contribution in [0.5, 0.6) is 0 Å². The van der Waals surface area contributed by atoms with E-state index in [1.54, 1.807) is 19.2 Å². The van der Waals surface area contributed by atoms with Crippen LogP contribution in [-0.2, 0) is 4.79 Å². The summed E-state index contributed by atoms with van der Waals surface area (Å²) >= 11 is 0. The molecular formula is C13H19N3O2. The first-order valence-electron chi connectivity index (χ1n) is 6.13. The largest absolute Gasteiger partial charge is 0.389 e. The second kappa shape index (κ2) is 4.57. The number of pyridine rings is 1. The van der Waals surface area contributed by atoms with Gasteiger partial charge in [0.15, 0.2) is 0 Å². The van der Waals surface area contributed by atoms with Gasteiger partial charge in [0, 0.05) is 19.3 Å². The van der Waals surface area contributed by atoms with Crippen LogP contribution in [0, 0.1) is 0 Å². The first-order chi connectivity index (χ1) is 8.43. The Hall–Kier alpha value is -1.62. The summed E-state index contributed by atoms with van der Waals surface area (Å²) in [6.45, 7) is 6.79. The normalized spacial score (nSPS) is 20.4. The minimum atomic E-state index is -0.622. The summed E-state index contributed by atoms with van der Waals surface area (Å²) in [5, 5.41) is 12.5. The number of amides is 1. The Morgan fingerprint density at radius 3 is 2.94 bits per heavy atom. The molecule has 1 aliphatic rings. The maximum atomic E-state index is 11.9. The molecule has 0 radical (unpaired) electrons. The van der Waals surface area contributed by atoms with Crippen LogP contribution in [0.3, 0.4) is 0 Å². The average Bonchev–Trinajstić information content (AvgIpc) is 2.32. The number of piperazine rings is 1. The maximum Gasteiger partial charge on any atom is 0.245 e. The van der Waals surface area contributed by atoms with Gasteiger partial charge in [-0.2, -0.15) is 0 Å². The first kappa shape index (κ1) is 12.8. The Balaban J connectivity index is 2.35. The molecule has 2 N–H and O–H groups in total. The van der Waals surface area contributed by atoms with Gasteiger partial charge in [-0.15, -0.1) is 0 Å². The third kappa shape index (κ3) is 2.18. The number of nitrogens with zero attached hydrogens (tertiary/aromatic N) is 2. The molecule has 1 fully saturated rings. The maximum absolute atomic E-state index is 11.9. The van der Waals surface area contributed by atoms with Crippen LogP contribution < -0.4 is 10.2 Å². The molecule has 98 valence electrons. The summed E-state index contributed by atoms with van der Waals surface area (Å²) in [6.07, 6.45) is 1.13. The van der Waals surface area contributed by atoms with Crippen LogP contribution in [0.15, 0.2) is 18.3 Å². The van der Waals surface area contributed by atoms with E-state index in [1.807, 2.05) is 24.8 Å². The molecule has 5 nitrogen and oxygen atoms in total. The standard InChI is InChI=1S/C13H19N3O2/c1-9(17)10-4-5-14-11(8-10)16-7-6-15-12(18)13(16,2)3/h4-5,8-9,17H,6-7H2,1-3H3,(H,15,18)/t9-/m1/s1. The third-order valence-electron chi connectivity index (χ3n) is 3.38. The summed E-state index contributed by atoms with van der Waals surface area (Å²) in [5.41, 5.74) is 0.185. The van der Waals surface area contributed by atoms with Crippen molar-refractivity contribution in [3.63, 3.8) is 0 Å². The van der Waals surface area contributed by atoms with Crippen molar-refractivity contribution in [3.05, 3.63) is 23.9 Å². The molecule has 2 rings (SSSR count). The van der Waals surface area contributed by atoms with E-state index in [-0.39, 0.29) is 5.91 Å². The average molecular weight is 249 g/mol. The summed E-state index contributed by atoms with van der Waals surface area (Å²) in [5.74, 6) is 0.728. The predicted octanol–water partition coefficient (Wildman–Crippen LogP) is 0.850. The number of aliphatic hydroxyl groups is 1. The number of carbonyl (C=O) groups excluding carboxylic acids is 1. The van der Waals surface area contributed by atoms with E-state index in [0.717, 1.165) is 17.9 Å². The van der Waals surface area contributed by atoms with Crippen molar-refractivity contribution in [2.75, 3.05) is 18.0 Å². The highest BCUT2D eigenvalue weighted by atomic mass is 16.3. The number of anilines is 1. The Labute approximate surface area is 107 Å². The summed E-state index contributed by atoms with van der Waals surface area (Å²) in [4.78, 5) is 18.2. The van der Waals surface area contributed by atoms with E-state index in [0.29, 0.717) is 6.54 Å². The highest BCUT2D eigenvalue weighted by Gasteiger charge is 2.38. The van der Waals surface area contributed by atoms with Crippen LogP contribution in [0.25, 0.3) is 0 Å². The van der Waals surface area contributed by atoms with Gasteiger partial charge >= 0.3 is 0 Å². The number of hydrogen-bond donors (Lipinski definition) is 2. The minimum absolute atomic E-state index is 0.00185. The van der Waals surface area contributed by atoms with Gasteiger partial charge in [0.1, 0.15) is 11.4 Å². The van der Waals surface area contributed by atoms with Crippen molar-refractivity contribution in [1.82, 2.24) is 10.3 Å². The monoisotopic (exact) mass is 249 g/mol. The number of aromatic nitrogens is 1. The van der Waals surface area contributed by atoms with Gasteiger partial charge in [0.05, 0.1) is 6.10 Å². The lowest BCUT2D eigenvalue weighted by molar-refractivity contribution is -0.126. The SMILES string of the molecule is C[C@@H](O)c1ccnc(N2CCNC(=O)C2(C)C)c1. The minimum Gasteiger partial charge on any atom is -0.389 e. The predicted molar refractivity (Wildman–Crippen MR) is 69.3 cm³/mol. The summed E-state index contributed by atoms with van der Waals surface area (Å²) in [7, 11) is 0. The van der Waals surface area contributed by atoms with Crippen LogP contribution in [0.4, 0.5) is 5.82 Å². The quantitative estimate of drug-likeness (QED) is 0.815. The molecule has 0 aromatic carbocycles. The molecule has 1 aromatic rings. The van der Waals surface area contributed by atoms with Gasteiger partial charge in [0.25, 0.3) is 0 Å². The highest BCUT2D eigenvalue weighted by molar-refractivity contribution is 5.90. The highest BCUT2D eigenvalue weighted by Crippen LogP contribution is 2.26. The van der Waals surface area contributed by atoms with Gasteiger partial charge in [-0.1, -0.05) is 0 Å². The molecule has 0 saturated carbocycles. The zero-order valence-electron chi connectivity index (χ0n) is 11.0. The van der Waals surface area contributed by atoms with E-state index < -0.39 is 11.6 Å². The Bertz CT molecular complexity index is 457. The van der Waals surface area contributed by atoms with Crippen molar-refractivity contribution in [1.29, 1.82) is 0 Å². The van der Waals surface area contributed by atoms with E-state index in [4.69, 9.17) is 0 Å². The number of aliphatic hydroxyl groups excluding tert-OH is 1. The lowest BCUT2D eigenvalue weighted by Gasteiger charge is -2.42. The molecule has 1 amide bonds. The number of hydrogen-bond acceptors (Lipinski definition) is 4. The molecule has 1 aliphatic heterocycles. The lowest BCUT2D eigenvalue weighted by atomic mass is 9.98. The van der Waals surface area contributed by atoms with Crippen molar-refractivity contribution >= 4 is 11.7 Å². The zero-order chi connectivity index (χ0) is 13.3. The second-order valence-corrected chi connectivity index (χ2v) is 5.09. The molecule has 1 saturated heterocycles. The first-order valence-corrected chi connectivity index (χ1v) is 6.13. The molecule has 1 aromatic heterocycles. The number of nitrogens with one attached hydrogen (secondary N) is 1. The van der Waals surface area contributed by atoms with Gasteiger partial charge in [0.2, 0.25) is 5.91 Å². The van der Waals surface area contributed by atoms with E-state index in [2.05, 4.69) is 10.3 Å². The molecule has 0 spiro atoms. The zero-order valence-corrected chi connectivity index (χ0v) is 11.0. The van der Waals surface area contributed by atoms with Gasteiger partial charge in [-0.05, 0) is 38.5 Å². The fraction of sp³-hybridized carbons (Fsp3) is 0.538. The van der Waals surface area contributed by atoms with Crippen LogP contribution in [0.1, 0.15) is 32.4 Å². The summed E-state index contributed by atoms with van der Waals surface area (Å²) < 4.78 is 0. The number of carbonyl (C=O) groups is 1. The van der Waals surface area contributed by atoms with Crippen molar-refractivity contribution in [3.8, 4) is 0 Å². The fourth-order valence-electron chi connectivity index (χ4n) is 2.14. The number of rotatable bonds is 2. The van der Waals surface area contributed by atoms with E-state index in [9.17, 15) is 9.90 Å². The topological polar surface area (TPSA) is 65.5 Å². The third-order valence-corrected chi connectivity index (χ3v) is 3.38. The van der Waals surface area contributed by atoms with Crippen LogP contribution in [0.2, 0.25) is 0 Å². The Morgan fingerprint density at radius 2 is 2.28 bits per heavy atom. The van der Waals surface area contributed by atoms with Gasteiger partial charge in [-0.25, -0.2) is 4.98 Å². The van der Waals surface area contributed by atoms with Crippen molar-refractivity contribution in [2.24, 2.45) is 0 Å². The van der Waals surface area contributed by atoms with Crippen LogP contribution in [-0.4, -0.2) is 34.6 Å². The molecule has 0 unspecified atom stereocenters. The molecule has 0 bridgehead atoms. The molecular weight excluding hydrogens is 230 g/mol. The fourth-order valence-corrected chi connectivity index (χ4v) is 2.14.